The molecule has 0 spiro atoms. The van der Waals surface area contributed by atoms with E-state index in [1.54, 1.807) is 4.90 Å². The number of rotatable bonds is 4. The molecule has 1 aromatic rings. The molecule has 1 saturated carbocycles. The summed E-state index contributed by atoms with van der Waals surface area (Å²) in [5.41, 5.74) is 0.600. The molecule has 2 fully saturated rings. The number of likely N-dealkylation sites (tertiary alicyclic amines) is 1. The molecule has 1 aromatic carbocycles. The van der Waals surface area contributed by atoms with Gasteiger partial charge in [0.05, 0.1) is 17.5 Å². The molecule has 1 aliphatic carbocycles. The summed E-state index contributed by atoms with van der Waals surface area (Å²) in [6, 6.07) is 7.65. The Kier molecular flexibility index (Phi) is 4.71. The summed E-state index contributed by atoms with van der Waals surface area (Å²) in [6.45, 7) is 7.85. The minimum atomic E-state index is -1.51. The van der Waals surface area contributed by atoms with E-state index in [0.717, 1.165) is 18.4 Å². The molecule has 132 valence electrons. The summed E-state index contributed by atoms with van der Waals surface area (Å²) >= 11 is -1.51. The highest BCUT2D eigenvalue weighted by atomic mass is 32.2. The van der Waals surface area contributed by atoms with Gasteiger partial charge in [0.1, 0.15) is 5.60 Å². The predicted molar refractivity (Wildman–Crippen MR) is 91.9 cm³/mol. The van der Waals surface area contributed by atoms with Crippen molar-refractivity contribution in [2.24, 2.45) is 5.92 Å². The molecule has 1 saturated heterocycles. The lowest BCUT2D eigenvalue weighted by Crippen LogP contribution is -2.44. The lowest BCUT2D eigenvalue weighted by molar-refractivity contribution is 0.0144. The van der Waals surface area contributed by atoms with E-state index in [0.29, 0.717) is 10.8 Å². The second-order valence-electron chi connectivity index (χ2n) is 7.67. The minimum Gasteiger partial charge on any atom is -0.444 e. The molecule has 6 heteroatoms. The Hall–Kier alpha value is -1.40. The number of hydrogen-bond acceptors (Lipinski definition) is 4. The van der Waals surface area contributed by atoms with E-state index in [4.69, 9.17) is 8.92 Å². The number of ether oxygens (including phenoxy) is 1. The van der Waals surface area contributed by atoms with Gasteiger partial charge in [-0.15, -0.1) is 0 Å². The van der Waals surface area contributed by atoms with Crippen LogP contribution in [0, 0.1) is 12.8 Å². The normalized spacial score (nSPS) is 26.8. The van der Waals surface area contributed by atoms with Crippen molar-refractivity contribution in [3.05, 3.63) is 29.8 Å². The monoisotopic (exact) mass is 351 g/mol. The molecule has 0 radical (unpaired) electrons. The highest BCUT2D eigenvalue weighted by Crippen LogP contribution is 2.48. The van der Waals surface area contributed by atoms with Crippen LogP contribution < -0.4 is 0 Å². The molecule has 24 heavy (non-hydrogen) atoms. The van der Waals surface area contributed by atoms with E-state index in [9.17, 15) is 9.00 Å². The molecule has 0 N–H and O–H groups in total. The lowest BCUT2D eigenvalue weighted by Gasteiger charge is -2.30. The minimum absolute atomic E-state index is 0.0574. The summed E-state index contributed by atoms with van der Waals surface area (Å²) in [5, 5.41) is 0. The first-order valence-electron chi connectivity index (χ1n) is 8.37. The molecule has 0 bridgehead atoms. The zero-order valence-electron chi connectivity index (χ0n) is 14.7. The zero-order valence-corrected chi connectivity index (χ0v) is 15.5. The smallest absolute Gasteiger partial charge is 0.410 e. The Balaban J connectivity index is 1.59. The third-order valence-corrected chi connectivity index (χ3v) is 5.40. The number of benzene rings is 1. The number of amides is 1. The fourth-order valence-electron chi connectivity index (χ4n) is 3.16. The van der Waals surface area contributed by atoms with Gasteiger partial charge in [0.15, 0.2) is 11.1 Å². The first kappa shape index (κ1) is 17.4. The van der Waals surface area contributed by atoms with Crippen LogP contribution in [0.1, 0.15) is 39.2 Å². The number of nitrogens with zero attached hydrogens (tertiary/aromatic N) is 1. The van der Waals surface area contributed by atoms with E-state index >= 15 is 0 Å². The van der Waals surface area contributed by atoms with Crippen molar-refractivity contribution in [2.75, 3.05) is 6.61 Å². The van der Waals surface area contributed by atoms with Crippen molar-refractivity contribution >= 4 is 17.2 Å². The van der Waals surface area contributed by atoms with Crippen LogP contribution >= 0.6 is 0 Å². The standard InChI is InChI=1S/C18H25NO4S/c1-12-5-7-15(8-6-12)24(21)22-11-14-9-13-10-16(13)19(14)17(20)23-18(2,3)4/h5-8,13-14,16H,9-11H2,1-4H3/t13?,14-,16?,24?/m0/s1. The molecule has 3 unspecified atom stereocenters. The van der Waals surface area contributed by atoms with Crippen LogP contribution in [0.5, 0.6) is 0 Å². The first-order chi connectivity index (χ1) is 11.2. The van der Waals surface area contributed by atoms with Gasteiger partial charge in [-0.05, 0) is 58.6 Å². The van der Waals surface area contributed by atoms with Crippen LogP contribution in [0.2, 0.25) is 0 Å². The van der Waals surface area contributed by atoms with Crippen molar-refractivity contribution in [3.63, 3.8) is 0 Å². The Morgan fingerprint density at radius 3 is 2.54 bits per heavy atom. The van der Waals surface area contributed by atoms with Crippen LogP contribution in [0.25, 0.3) is 0 Å². The topological polar surface area (TPSA) is 55.8 Å². The highest BCUT2D eigenvalue weighted by molar-refractivity contribution is 7.80. The number of aryl methyl sites for hydroxylation is 1. The molecule has 5 nitrogen and oxygen atoms in total. The molecular formula is C18H25NO4S. The van der Waals surface area contributed by atoms with Gasteiger partial charge < -0.3 is 4.74 Å². The van der Waals surface area contributed by atoms with E-state index in [1.165, 1.54) is 0 Å². The number of carbonyl (C=O) groups excluding carboxylic acids is 1. The predicted octanol–water partition coefficient (Wildman–Crippen LogP) is 3.43. The van der Waals surface area contributed by atoms with E-state index < -0.39 is 16.7 Å². The Bertz CT molecular complexity index is 637. The number of fused-ring (bicyclic) bond motifs is 1. The summed E-state index contributed by atoms with van der Waals surface area (Å²) in [7, 11) is 0. The van der Waals surface area contributed by atoms with Gasteiger partial charge >= 0.3 is 6.09 Å². The zero-order chi connectivity index (χ0) is 17.5. The van der Waals surface area contributed by atoms with Crippen molar-refractivity contribution in [1.29, 1.82) is 0 Å². The molecule has 3 rings (SSSR count). The molecule has 4 atom stereocenters. The van der Waals surface area contributed by atoms with Crippen molar-refractivity contribution in [1.82, 2.24) is 4.90 Å². The Morgan fingerprint density at radius 2 is 1.92 bits per heavy atom. The SMILES string of the molecule is Cc1ccc(S(=O)OC[C@@H]2CC3CC3N2C(=O)OC(C)(C)C)cc1. The number of carbonyl (C=O) groups is 1. The second-order valence-corrected chi connectivity index (χ2v) is 8.85. The maximum Gasteiger partial charge on any atom is 0.410 e. The van der Waals surface area contributed by atoms with Gasteiger partial charge in [-0.1, -0.05) is 17.7 Å². The molecule has 1 amide bonds. The fourth-order valence-corrected chi connectivity index (χ4v) is 3.94. The van der Waals surface area contributed by atoms with E-state index in [2.05, 4.69) is 0 Å². The largest absolute Gasteiger partial charge is 0.444 e. The molecule has 1 aliphatic heterocycles. The van der Waals surface area contributed by atoms with Crippen molar-refractivity contribution < 1.29 is 17.9 Å². The van der Waals surface area contributed by atoms with Gasteiger partial charge in [0, 0.05) is 6.04 Å². The van der Waals surface area contributed by atoms with Crippen molar-refractivity contribution in [2.45, 2.75) is 63.1 Å². The molecule has 1 heterocycles. The van der Waals surface area contributed by atoms with Crippen LogP contribution in [-0.2, 0) is 20.0 Å². The van der Waals surface area contributed by atoms with E-state index in [1.807, 2.05) is 52.0 Å². The molecule has 2 aliphatic rings. The van der Waals surface area contributed by atoms with Gasteiger partial charge in [-0.3, -0.25) is 9.08 Å². The maximum absolute atomic E-state index is 12.4. The molecular weight excluding hydrogens is 326 g/mol. The summed E-state index contributed by atoms with van der Waals surface area (Å²) in [5.74, 6) is 0.541. The fraction of sp³-hybridized carbons (Fsp3) is 0.611. The Morgan fingerprint density at radius 1 is 1.25 bits per heavy atom. The lowest BCUT2D eigenvalue weighted by atomic mass is 10.2. The second kappa shape index (κ2) is 6.48. The van der Waals surface area contributed by atoms with Gasteiger partial charge in [-0.2, -0.15) is 0 Å². The maximum atomic E-state index is 12.4. The summed E-state index contributed by atoms with van der Waals surface area (Å²) in [6.07, 6.45) is 1.65. The highest BCUT2D eigenvalue weighted by Gasteiger charge is 2.55. The first-order valence-corrected chi connectivity index (χ1v) is 9.45. The van der Waals surface area contributed by atoms with Crippen LogP contribution in [0.3, 0.4) is 0 Å². The molecule has 0 aromatic heterocycles. The van der Waals surface area contributed by atoms with Crippen LogP contribution in [-0.4, -0.2) is 39.5 Å². The summed E-state index contributed by atoms with van der Waals surface area (Å²) < 4.78 is 23.3. The number of piperidine rings is 1. The summed E-state index contributed by atoms with van der Waals surface area (Å²) in [4.78, 5) is 14.9. The van der Waals surface area contributed by atoms with Crippen molar-refractivity contribution in [3.8, 4) is 0 Å². The average Bonchev–Trinajstić information content (AvgIpc) is 3.14. The number of hydrogen-bond donors (Lipinski definition) is 0. The van der Waals surface area contributed by atoms with Gasteiger partial charge in [0.25, 0.3) is 0 Å². The van der Waals surface area contributed by atoms with Gasteiger partial charge in [-0.25, -0.2) is 9.00 Å². The quantitative estimate of drug-likeness (QED) is 0.834. The van der Waals surface area contributed by atoms with E-state index in [-0.39, 0.29) is 24.8 Å². The average molecular weight is 351 g/mol. The van der Waals surface area contributed by atoms with Crippen LogP contribution in [0.4, 0.5) is 4.79 Å². The third kappa shape index (κ3) is 3.98. The Labute approximate surface area is 146 Å². The van der Waals surface area contributed by atoms with Gasteiger partial charge in [0.2, 0.25) is 0 Å². The van der Waals surface area contributed by atoms with Crippen LogP contribution in [0.15, 0.2) is 29.2 Å². The third-order valence-electron chi connectivity index (χ3n) is 4.40.